The monoisotopic (exact) mass is 556 g/mol. The van der Waals surface area contributed by atoms with Crippen molar-refractivity contribution in [1.82, 2.24) is 0 Å². The van der Waals surface area contributed by atoms with Gasteiger partial charge in [0.2, 0.25) is 0 Å². The van der Waals surface area contributed by atoms with Gasteiger partial charge in [0.15, 0.2) is 11.5 Å². The number of rotatable bonds is 8. The molecule has 40 heavy (non-hydrogen) atoms. The van der Waals surface area contributed by atoms with Crippen LogP contribution >= 0.6 is 0 Å². The van der Waals surface area contributed by atoms with Crippen molar-refractivity contribution >= 4 is 23.0 Å². The number of benzene rings is 2. The number of carbonyl (C=O) groups is 1. The van der Waals surface area contributed by atoms with Crippen LogP contribution in [0, 0.1) is 6.92 Å². The molecule has 6 unspecified atom stereocenters. The van der Waals surface area contributed by atoms with Gasteiger partial charge in [-0.1, -0.05) is 12.1 Å². The Morgan fingerprint density at radius 1 is 1.15 bits per heavy atom. The van der Waals surface area contributed by atoms with Gasteiger partial charge >= 0.3 is 5.97 Å². The van der Waals surface area contributed by atoms with E-state index in [0.29, 0.717) is 11.1 Å². The zero-order valence-corrected chi connectivity index (χ0v) is 22.2. The molecule has 0 radical (unpaired) electrons. The van der Waals surface area contributed by atoms with Crippen LogP contribution in [0.15, 0.2) is 51.7 Å². The molecule has 0 amide bonds. The number of phenols is 1. The molecule has 11 nitrogen and oxygen atoms in total. The Morgan fingerprint density at radius 2 is 1.85 bits per heavy atom. The first kappa shape index (κ1) is 29.2. The Hall–Kier alpha value is -3.74. The molecule has 0 saturated carbocycles. The van der Waals surface area contributed by atoms with E-state index in [9.17, 15) is 35.1 Å². The van der Waals surface area contributed by atoms with Gasteiger partial charge in [0.25, 0.3) is 0 Å². The largest absolute Gasteiger partial charge is 0.508 e. The number of aliphatic hydroxyl groups is 4. The molecular weight excluding hydrogens is 524 g/mol. The highest BCUT2D eigenvalue weighted by molar-refractivity contribution is 5.88. The lowest BCUT2D eigenvalue weighted by Gasteiger charge is -2.42. The van der Waals surface area contributed by atoms with Crippen molar-refractivity contribution in [3.63, 3.8) is 0 Å². The molecule has 11 heteroatoms. The lowest BCUT2D eigenvalue weighted by atomic mass is 9.89. The van der Waals surface area contributed by atoms with E-state index in [1.807, 2.05) is 0 Å². The molecule has 3 aromatic rings. The number of fused-ring (bicyclic) bond motifs is 1. The minimum Gasteiger partial charge on any atom is -0.508 e. The van der Waals surface area contributed by atoms with E-state index in [-0.39, 0.29) is 40.2 Å². The highest BCUT2D eigenvalue weighted by atomic mass is 16.6. The number of carbonyl (C=O) groups excluding carboxylic acids is 1. The maximum Gasteiger partial charge on any atom is 0.331 e. The van der Waals surface area contributed by atoms with Crippen molar-refractivity contribution < 1.29 is 49.0 Å². The van der Waals surface area contributed by atoms with Gasteiger partial charge in [0.05, 0.1) is 30.8 Å². The summed E-state index contributed by atoms with van der Waals surface area (Å²) >= 11 is 0. The Labute approximate surface area is 229 Å². The summed E-state index contributed by atoms with van der Waals surface area (Å²) in [6, 6.07) is 8.89. The third-order valence-electron chi connectivity index (χ3n) is 6.68. The topological polar surface area (TPSA) is 176 Å². The Bertz CT molecular complexity index is 1440. The lowest BCUT2D eigenvalue weighted by Crippen LogP contribution is -2.56. The molecule has 1 aliphatic rings. The third kappa shape index (κ3) is 6.03. The van der Waals surface area contributed by atoms with Crippen molar-refractivity contribution in [2.45, 2.75) is 56.9 Å². The first-order valence-corrected chi connectivity index (χ1v) is 12.7. The first-order valence-electron chi connectivity index (χ1n) is 12.7. The van der Waals surface area contributed by atoms with Crippen LogP contribution in [0.3, 0.4) is 0 Å². The molecule has 6 atom stereocenters. The molecule has 214 valence electrons. The van der Waals surface area contributed by atoms with E-state index < -0.39 is 54.6 Å². The number of hydrogen-bond donors (Lipinski definition) is 5. The smallest absolute Gasteiger partial charge is 0.331 e. The summed E-state index contributed by atoms with van der Waals surface area (Å²) in [5, 5.41) is 51.0. The van der Waals surface area contributed by atoms with E-state index in [2.05, 4.69) is 0 Å². The number of phenolic OH excluding ortho intramolecular Hbond substituents is 1. The van der Waals surface area contributed by atoms with Gasteiger partial charge < -0.3 is 44.2 Å². The van der Waals surface area contributed by atoms with E-state index in [1.54, 1.807) is 25.1 Å². The van der Waals surface area contributed by atoms with Gasteiger partial charge in [0, 0.05) is 18.6 Å². The first-order chi connectivity index (χ1) is 19.0. The predicted octanol–water partition coefficient (Wildman–Crippen LogP) is 1.52. The second kappa shape index (κ2) is 12.2. The van der Waals surface area contributed by atoms with Crippen LogP contribution < -0.4 is 10.2 Å². The second-order valence-corrected chi connectivity index (χ2v) is 9.73. The summed E-state index contributed by atoms with van der Waals surface area (Å²) in [5.41, 5.74) is 0.876. The fourth-order valence-electron chi connectivity index (χ4n) is 4.77. The second-order valence-electron chi connectivity index (χ2n) is 9.73. The van der Waals surface area contributed by atoms with Gasteiger partial charge in [-0.15, -0.1) is 0 Å². The highest BCUT2D eigenvalue weighted by Gasteiger charge is 2.49. The van der Waals surface area contributed by atoms with Gasteiger partial charge in [0.1, 0.15) is 47.3 Å². The molecule has 0 bridgehead atoms. The third-order valence-corrected chi connectivity index (χ3v) is 6.68. The maximum atomic E-state index is 13.1. The number of aliphatic hydroxyl groups excluding tert-OH is 4. The van der Waals surface area contributed by atoms with E-state index in [0.717, 1.165) is 6.08 Å². The van der Waals surface area contributed by atoms with Crippen LogP contribution in [0.25, 0.3) is 17.0 Å². The molecule has 4 rings (SSSR count). The Kier molecular flexibility index (Phi) is 8.92. The number of ether oxygens (including phenoxy) is 3. The van der Waals surface area contributed by atoms with Crippen molar-refractivity contribution in [3.8, 4) is 11.5 Å². The normalized spacial score (nSPS) is 23.8. The molecule has 0 spiro atoms. The summed E-state index contributed by atoms with van der Waals surface area (Å²) in [6.07, 6.45) is -5.68. The fraction of sp³-hybridized carbons (Fsp3) is 0.379. The van der Waals surface area contributed by atoms with E-state index in [1.165, 1.54) is 38.3 Å². The average molecular weight is 557 g/mol. The van der Waals surface area contributed by atoms with Crippen molar-refractivity contribution in [2.24, 2.45) is 0 Å². The summed E-state index contributed by atoms with van der Waals surface area (Å²) in [6.45, 7) is 2.55. The SMILES string of the molecule is COc1cc(C)c2c(=O)cc(CC(C)O)oc2c1C1OC(CO)C(O)C(O)C1OC(=O)C=Cc1ccc(O)cc1. The highest BCUT2D eigenvalue weighted by Crippen LogP contribution is 2.43. The van der Waals surface area contributed by atoms with Gasteiger partial charge in [-0.25, -0.2) is 4.79 Å². The van der Waals surface area contributed by atoms with Crippen molar-refractivity contribution in [2.75, 3.05) is 13.7 Å². The van der Waals surface area contributed by atoms with Crippen LogP contribution in [0.5, 0.6) is 11.5 Å². The number of esters is 1. The quantitative estimate of drug-likeness (QED) is 0.201. The zero-order valence-electron chi connectivity index (χ0n) is 22.2. The summed E-state index contributed by atoms with van der Waals surface area (Å²) in [7, 11) is 1.38. The Balaban J connectivity index is 1.83. The molecule has 1 aliphatic heterocycles. The van der Waals surface area contributed by atoms with Gasteiger partial charge in [-0.2, -0.15) is 0 Å². The molecule has 5 N–H and O–H groups in total. The van der Waals surface area contributed by atoms with Crippen LogP contribution in [0.1, 0.15) is 35.5 Å². The lowest BCUT2D eigenvalue weighted by molar-refractivity contribution is -0.239. The Morgan fingerprint density at radius 3 is 2.48 bits per heavy atom. The van der Waals surface area contributed by atoms with Crippen molar-refractivity contribution in [3.05, 3.63) is 75.1 Å². The molecular formula is C29H32O11. The summed E-state index contributed by atoms with van der Waals surface area (Å²) < 4.78 is 23.2. The van der Waals surface area contributed by atoms with Crippen LogP contribution in [-0.2, 0) is 20.7 Å². The van der Waals surface area contributed by atoms with Crippen LogP contribution in [-0.4, -0.2) is 75.7 Å². The molecule has 0 aliphatic carbocycles. The van der Waals surface area contributed by atoms with Crippen LogP contribution in [0.2, 0.25) is 0 Å². The van der Waals surface area contributed by atoms with Crippen molar-refractivity contribution in [1.29, 1.82) is 0 Å². The molecule has 1 fully saturated rings. The zero-order chi connectivity index (χ0) is 29.1. The molecule has 2 heterocycles. The summed E-state index contributed by atoms with van der Waals surface area (Å²) in [4.78, 5) is 26.0. The summed E-state index contributed by atoms with van der Waals surface area (Å²) in [5.74, 6) is -0.456. The molecule has 1 saturated heterocycles. The van der Waals surface area contributed by atoms with Crippen LogP contribution in [0.4, 0.5) is 0 Å². The van der Waals surface area contributed by atoms with E-state index in [4.69, 9.17) is 18.6 Å². The average Bonchev–Trinajstić information content (AvgIpc) is 2.90. The van der Waals surface area contributed by atoms with E-state index >= 15 is 0 Å². The number of methoxy groups -OCH3 is 1. The minimum absolute atomic E-state index is 0.0333. The maximum absolute atomic E-state index is 13.1. The minimum atomic E-state index is -1.70. The number of aryl methyl sites for hydroxylation is 1. The van der Waals surface area contributed by atoms with Gasteiger partial charge in [-0.05, 0) is 49.2 Å². The molecule has 1 aromatic heterocycles. The number of hydrogen-bond acceptors (Lipinski definition) is 11. The van der Waals surface area contributed by atoms with Gasteiger partial charge in [-0.3, -0.25) is 4.79 Å². The standard InChI is InChI=1S/C29H32O11/c1-14-10-20(37-3)24(27-23(14)19(33)12-18(38-27)11-15(2)31)28-29(26(36)25(35)21(13-30)39-28)40-22(34)9-6-16-4-7-17(32)8-5-16/h4-10,12,15,21,25-26,28-32,35-36H,11,13H2,1-3H3. The molecule has 2 aromatic carbocycles. The predicted molar refractivity (Wildman–Crippen MR) is 143 cm³/mol. The fourth-order valence-corrected chi connectivity index (χ4v) is 4.77. The number of aromatic hydroxyl groups is 1.